The first-order valence-corrected chi connectivity index (χ1v) is 9.16. The lowest BCUT2D eigenvalue weighted by Crippen LogP contribution is -2.29. The Morgan fingerprint density at radius 1 is 1.33 bits per heavy atom. The molecule has 0 spiro atoms. The lowest BCUT2D eigenvalue weighted by molar-refractivity contribution is 0.102. The van der Waals surface area contributed by atoms with Crippen LogP contribution in [0.4, 0.5) is 5.13 Å². The number of hydrogen-bond acceptors (Lipinski definition) is 5. The second kappa shape index (κ2) is 7.77. The Hall–Kier alpha value is -1.92. The number of nitrogens with one attached hydrogen (secondary N) is 1. The maximum absolute atomic E-state index is 12.4. The second-order valence-corrected chi connectivity index (χ2v) is 6.98. The number of amides is 1. The number of nitrogens with zero attached hydrogens (tertiary/aromatic N) is 2. The van der Waals surface area contributed by atoms with Gasteiger partial charge in [-0.05, 0) is 50.6 Å². The van der Waals surface area contributed by atoms with Crippen molar-refractivity contribution in [3.8, 4) is 5.75 Å². The molecule has 1 aromatic carbocycles. The number of carbonyl (C=O) groups is 1. The van der Waals surface area contributed by atoms with Crippen molar-refractivity contribution in [3.63, 3.8) is 0 Å². The molecule has 0 radical (unpaired) electrons. The number of piperidine rings is 1. The summed E-state index contributed by atoms with van der Waals surface area (Å²) in [4.78, 5) is 19.4. The van der Waals surface area contributed by atoms with Crippen molar-refractivity contribution in [3.05, 3.63) is 40.4 Å². The Morgan fingerprint density at radius 3 is 2.88 bits per heavy atom. The lowest BCUT2D eigenvalue weighted by Gasteiger charge is -2.25. The molecule has 3 rings (SSSR count). The van der Waals surface area contributed by atoms with Gasteiger partial charge in [-0.1, -0.05) is 12.5 Å². The average molecular weight is 345 g/mol. The van der Waals surface area contributed by atoms with Crippen LogP contribution < -0.4 is 10.1 Å². The van der Waals surface area contributed by atoms with E-state index in [0.717, 1.165) is 30.9 Å². The van der Waals surface area contributed by atoms with E-state index in [1.54, 1.807) is 19.2 Å². The SMILES string of the molecule is COc1cc(C(=O)Nc2nc(CN3CCCCC3)cs2)ccc1C. The molecule has 1 aliphatic heterocycles. The number of anilines is 1. The van der Waals surface area contributed by atoms with Crippen LogP contribution in [0.1, 0.15) is 40.9 Å². The zero-order valence-corrected chi connectivity index (χ0v) is 15.0. The number of carbonyl (C=O) groups excluding carboxylic acids is 1. The van der Waals surface area contributed by atoms with Gasteiger partial charge < -0.3 is 4.74 Å². The first-order chi connectivity index (χ1) is 11.7. The maximum atomic E-state index is 12.4. The zero-order chi connectivity index (χ0) is 16.9. The Morgan fingerprint density at radius 2 is 2.12 bits per heavy atom. The molecular weight excluding hydrogens is 322 g/mol. The van der Waals surface area contributed by atoms with E-state index < -0.39 is 0 Å². The van der Waals surface area contributed by atoms with Gasteiger partial charge in [0.25, 0.3) is 5.91 Å². The van der Waals surface area contributed by atoms with E-state index in [4.69, 9.17) is 4.74 Å². The summed E-state index contributed by atoms with van der Waals surface area (Å²) in [6.45, 7) is 5.10. The summed E-state index contributed by atoms with van der Waals surface area (Å²) in [7, 11) is 1.61. The van der Waals surface area contributed by atoms with E-state index >= 15 is 0 Å². The van der Waals surface area contributed by atoms with Crippen molar-refractivity contribution in [2.75, 3.05) is 25.5 Å². The number of ether oxygens (including phenoxy) is 1. The molecule has 0 unspecified atom stereocenters. The quantitative estimate of drug-likeness (QED) is 0.898. The molecule has 1 amide bonds. The fourth-order valence-corrected chi connectivity index (χ4v) is 3.61. The van der Waals surface area contributed by atoms with E-state index in [1.165, 1.54) is 30.6 Å². The molecule has 1 saturated heterocycles. The highest BCUT2D eigenvalue weighted by atomic mass is 32.1. The van der Waals surface area contributed by atoms with Crippen molar-refractivity contribution in [2.24, 2.45) is 0 Å². The van der Waals surface area contributed by atoms with Crippen molar-refractivity contribution in [1.82, 2.24) is 9.88 Å². The minimum atomic E-state index is -0.160. The number of benzene rings is 1. The van der Waals surface area contributed by atoms with Crippen LogP contribution in [-0.4, -0.2) is 36.0 Å². The minimum Gasteiger partial charge on any atom is -0.496 e. The monoisotopic (exact) mass is 345 g/mol. The molecule has 128 valence electrons. The zero-order valence-electron chi connectivity index (χ0n) is 14.2. The van der Waals surface area contributed by atoms with E-state index in [9.17, 15) is 4.79 Å². The fraction of sp³-hybridized carbons (Fsp3) is 0.444. The van der Waals surface area contributed by atoms with Crippen molar-refractivity contribution < 1.29 is 9.53 Å². The smallest absolute Gasteiger partial charge is 0.257 e. The van der Waals surface area contributed by atoms with Gasteiger partial charge in [0.1, 0.15) is 5.75 Å². The van der Waals surface area contributed by atoms with Gasteiger partial charge in [-0.2, -0.15) is 0 Å². The molecule has 1 fully saturated rings. The third kappa shape index (κ3) is 4.13. The van der Waals surface area contributed by atoms with Crippen LogP contribution in [0, 0.1) is 6.92 Å². The first kappa shape index (κ1) is 16.9. The Bertz CT molecular complexity index is 708. The van der Waals surface area contributed by atoms with E-state index in [2.05, 4.69) is 15.2 Å². The summed E-state index contributed by atoms with van der Waals surface area (Å²) in [6.07, 6.45) is 3.86. The first-order valence-electron chi connectivity index (χ1n) is 8.28. The lowest BCUT2D eigenvalue weighted by atomic mass is 10.1. The number of methoxy groups -OCH3 is 1. The van der Waals surface area contributed by atoms with E-state index in [0.29, 0.717) is 16.4 Å². The third-order valence-corrected chi connectivity index (χ3v) is 5.08. The Balaban J connectivity index is 1.62. The molecule has 0 aliphatic carbocycles. The Labute approximate surface area is 146 Å². The molecule has 2 heterocycles. The van der Waals surface area contributed by atoms with Crippen molar-refractivity contribution in [2.45, 2.75) is 32.7 Å². The third-order valence-electron chi connectivity index (χ3n) is 4.28. The molecule has 1 aliphatic rings. The van der Waals surface area contributed by atoms with Gasteiger partial charge in [-0.15, -0.1) is 11.3 Å². The van der Waals surface area contributed by atoms with E-state index in [1.807, 2.05) is 18.4 Å². The number of aromatic nitrogens is 1. The maximum Gasteiger partial charge on any atom is 0.257 e. The van der Waals surface area contributed by atoms with E-state index in [-0.39, 0.29) is 5.91 Å². The molecule has 0 saturated carbocycles. The summed E-state index contributed by atoms with van der Waals surface area (Å²) in [5, 5.41) is 5.55. The summed E-state index contributed by atoms with van der Waals surface area (Å²) in [6, 6.07) is 5.44. The standard InChI is InChI=1S/C18H23N3O2S/c1-13-6-7-14(10-16(13)23-2)17(22)20-18-19-15(12-24-18)11-21-8-4-3-5-9-21/h6-7,10,12H,3-5,8-9,11H2,1-2H3,(H,19,20,22). The molecule has 1 aromatic heterocycles. The highest BCUT2D eigenvalue weighted by Gasteiger charge is 2.14. The van der Waals surface area contributed by atoms with Crippen LogP contribution in [0.15, 0.2) is 23.6 Å². The summed E-state index contributed by atoms with van der Waals surface area (Å²) >= 11 is 1.47. The molecule has 24 heavy (non-hydrogen) atoms. The van der Waals surface area contributed by atoms with Crippen LogP contribution >= 0.6 is 11.3 Å². The molecule has 0 atom stereocenters. The predicted molar refractivity (Wildman–Crippen MR) is 96.9 cm³/mol. The average Bonchev–Trinajstić information content (AvgIpc) is 3.03. The predicted octanol–water partition coefficient (Wildman–Crippen LogP) is 3.70. The molecule has 6 heteroatoms. The van der Waals surface area contributed by atoms with Gasteiger partial charge >= 0.3 is 0 Å². The van der Waals surface area contributed by atoms with Gasteiger partial charge in [0.2, 0.25) is 0 Å². The number of thiazole rings is 1. The highest BCUT2D eigenvalue weighted by Crippen LogP contribution is 2.22. The van der Waals surface area contributed by atoms with Gasteiger partial charge in [0.15, 0.2) is 5.13 Å². The molecule has 0 bridgehead atoms. The number of hydrogen-bond donors (Lipinski definition) is 1. The largest absolute Gasteiger partial charge is 0.496 e. The highest BCUT2D eigenvalue weighted by molar-refractivity contribution is 7.13. The number of likely N-dealkylation sites (tertiary alicyclic amines) is 1. The van der Waals surface area contributed by atoms with Crippen LogP contribution in [0.3, 0.4) is 0 Å². The molecule has 5 nitrogen and oxygen atoms in total. The van der Waals surface area contributed by atoms with Crippen LogP contribution in [0.2, 0.25) is 0 Å². The van der Waals surface area contributed by atoms with Crippen LogP contribution in [0.5, 0.6) is 5.75 Å². The van der Waals surface area contributed by atoms with Gasteiger partial charge in [-0.3, -0.25) is 15.0 Å². The summed E-state index contributed by atoms with van der Waals surface area (Å²) in [5.74, 6) is 0.555. The van der Waals surface area contributed by atoms with Crippen molar-refractivity contribution in [1.29, 1.82) is 0 Å². The summed E-state index contributed by atoms with van der Waals surface area (Å²) in [5.41, 5.74) is 2.61. The number of aryl methyl sites for hydroxylation is 1. The fourth-order valence-electron chi connectivity index (χ4n) is 2.91. The minimum absolute atomic E-state index is 0.160. The van der Waals surface area contributed by atoms with Gasteiger partial charge in [-0.25, -0.2) is 4.98 Å². The van der Waals surface area contributed by atoms with Gasteiger partial charge in [0.05, 0.1) is 12.8 Å². The van der Waals surface area contributed by atoms with Gasteiger partial charge in [0, 0.05) is 17.5 Å². The van der Waals surface area contributed by atoms with Crippen LogP contribution in [-0.2, 0) is 6.54 Å². The normalized spacial score (nSPS) is 15.2. The second-order valence-electron chi connectivity index (χ2n) is 6.12. The molecular formula is C18H23N3O2S. The molecule has 2 aromatic rings. The molecule has 1 N–H and O–H groups in total. The Kier molecular flexibility index (Phi) is 5.48. The van der Waals surface area contributed by atoms with Crippen molar-refractivity contribution >= 4 is 22.4 Å². The number of rotatable bonds is 5. The van der Waals surface area contributed by atoms with Crippen LogP contribution in [0.25, 0.3) is 0 Å². The summed E-state index contributed by atoms with van der Waals surface area (Å²) < 4.78 is 5.28. The topological polar surface area (TPSA) is 54.5 Å².